The molecule has 0 saturated carbocycles. The molecule has 1 aliphatic heterocycles. The third-order valence-electron chi connectivity index (χ3n) is 3.51. The Morgan fingerprint density at radius 1 is 1.27 bits per heavy atom. The molecule has 0 aromatic heterocycles. The first-order chi connectivity index (χ1) is 10.0. The lowest BCUT2D eigenvalue weighted by Crippen LogP contribution is -2.42. The molecule has 5 heteroatoms. The minimum atomic E-state index is 0. The smallest absolute Gasteiger partial charge is 0.198 e. The highest BCUT2D eigenvalue weighted by atomic mass is 127. The van der Waals surface area contributed by atoms with Gasteiger partial charge in [-0.05, 0) is 45.7 Å². The van der Waals surface area contributed by atoms with E-state index in [-0.39, 0.29) is 29.5 Å². The largest absolute Gasteiger partial charge is 0.356 e. The quantitative estimate of drug-likeness (QED) is 0.343. The zero-order chi connectivity index (χ0) is 15.3. The average molecular weight is 416 g/mol. The molecule has 1 aromatic rings. The van der Waals surface area contributed by atoms with Gasteiger partial charge in [-0.25, -0.2) is 0 Å². The monoisotopic (exact) mass is 416 g/mol. The van der Waals surface area contributed by atoms with Crippen molar-refractivity contribution in [3.8, 4) is 0 Å². The van der Waals surface area contributed by atoms with Crippen LogP contribution in [0.15, 0.2) is 29.3 Å². The fraction of sp³-hybridized carbons (Fsp3) is 0.588. The van der Waals surface area contributed by atoms with Crippen LogP contribution < -0.4 is 15.5 Å². The van der Waals surface area contributed by atoms with Gasteiger partial charge in [0.15, 0.2) is 5.96 Å². The van der Waals surface area contributed by atoms with Crippen LogP contribution in [0.2, 0.25) is 0 Å². The summed E-state index contributed by atoms with van der Waals surface area (Å²) >= 11 is 0. The summed E-state index contributed by atoms with van der Waals surface area (Å²) in [7, 11) is 0. The number of para-hydroxylation sites is 1. The maximum Gasteiger partial charge on any atom is 0.198 e. The molecular formula is C17H29IN4. The van der Waals surface area contributed by atoms with Crippen molar-refractivity contribution in [1.82, 2.24) is 10.6 Å². The molecule has 22 heavy (non-hydrogen) atoms. The van der Waals surface area contributed by atoms with E-state index in [1.165, 1.54) is 11.3 Å². The first-order valence-electron chi connectivity index (χ1n) is 7.90. The molecule has 1 aromatic carbocycles. The van der Waals surface area contributed by atoms with Gasteiger partial charge in [-0.3, -0.25) is 4.99 Å². The average Bonchev–Trinajstić information content (AvgIpc) is 2.85. The van der Waals surface area contributed by atoms with E-state index in [2.05, 4.69) is 67.5 Å². The molecule has 2 rings (SSSR count). The Kier molecular flexibility index (Phi) is 7.62. The number of guanidine groups is 1. The Morgan fingerprint density at radius 2 is 2.00 bits per heavy atom. The van der Waals surface area contributed by atoms with Crippen LogP contribution in [0.4, 0.5) is 5.69 Å². The van der Waals surface area contributed by atoms with Gasteiger partial charge in [-0.15, -0.1) is 24.0 Å². The van der Waals surface area contributed by atoms with Crippen molar-refractivity contribution in [2.75, 3.05) is 31.1 Å². The van der Waals surface area contributed by atoms with Crippen LogP contribution in [0.1, 0.15) is 33.3 Å². The fourth-order valence-corrected chi connectivity index (χ4v) is 2.55. The SMILES string of the molecule is CCNC(=NCCNC(C)(C)C)N1CCc2ccccc21.I. The number of aliphatic imine (C=N–C) groups is 1. The Hall–Kier alpha value is -0.820. The fourth-order valence-electron chi connectivity index (χ4n) is 2.55. The number of nitrogens with zero attached hydrogens (tertiary/aromatic N) is 2. The molecule has 0 amide bonds. The third-order valence-corrected chi connectivity index (χ3v) is 3.51. The second-order valence-electron chi connectivity index (χ2n) is 6.44. The van der Waals surface area contributed by atoms with Crippen molar-refractivity contribution in [2.24, 2.45) is 4.99 Å². The molecule has 0 saturated heterocycles. The van der Waals surface area contributed by atoms with Crippen molar-refractivity contribution >= 4 is 35.6 Å². The summed E-state index contributed by atoms with van der Waals surface area (Å²) in [4.78, 5) is 7.07. The lowest BCUT2D eigenvalue weighted by Gasteiger charge is -2.23. The zero-order valence-corrected chi connectivity index (χ0v) is 16.5. The second kappa shape index (κ2) is 8.72. The number of benzene rings is 1. The Balaban J connectivity index is 0.00000242. The van der Waals surface area contributed by atoms with Crippen LogP contribution in [0.5, 0.6) is 0 Å². The molecule has 0 atom stereocenters. The number of fused-ring (bicyclic) bond motifs is 1. The van der Waals surface area contributed by atoms with Crippen LogP contribution in [-0.2, 0) is 6.42 Å². The van der Waals surface area contributed by atoms with Gasteiger partial charge in [0.2, 0.25) is 0 Å². The summed E-state index contributed by atoms with van der Waals surface area (Å²) in [6, 6.07) is 8.60. The van der Waals surface area contributed by atoms with Crippen molar-refractivity contribution in [3.63, 3.8) is 0 Å². The van der Waals surface area contributed by atoms with Gasteiger partial charge in [0, 0.05) is 30.9 Å². The molecule has 0 spiro atoms. The van der Waals surface area contributed by atoms with Gasteiger partial charge >= 0.3 is 0 Å². The number of rotatable bonds is 4. The Bertz CT molecular complexity index is 494. The lowest BCUT2D eigenvalue weighted by molar-refractivity contribution is 0.432. The maximum atomic E-state index is 4.77. The summed E-state index contributed by atoms with van der Waals surface area (Å²) in [5.41, 5.74) is 2.85. The predicted octanol–water partition coefficient (Wildman–Crippen LogP) is 3.02. The van der Waals surface area contributed by atoms with Crippen molar-refractivity contribution in [1.29, 1.82) is 0 Å². The molecular weight excluding hydrogens is 387 g/mol. The summed E-state index contributed by atoms with van der Waals surface area (Å²) in [5, 5.41) is 6.89. The van der Waals surface area contributed by atoms with Gasteiger partial charge in [0.05, 0.1) is 6.54 Å². The van der Waals surface area contributed by atoms with E-state index in [9.17, 15) is 0 Å². The van der Waals surface area contributed by atoms with Gasteiger partial charge in [0.1, 0.15) is 0 Å². The van der Waals surface area contributed by atoms with Gasteiger partial charge in [-0.1, -0.05) is 18.2 Å². The van der Waals surface area contributed by atoms with E-state index in [0.29, 0.717) is 0 Å². The summed E-state index contributed by atoms with van der Waals surface area (Å²) in [6.07, 6.45) is 1.10. The summed E-state index contributed by atoms with van der Waals surface area (Å²) < 4.78 is 0. The van der Waals surface area contributed by atoms with Crippen LogP contribution in [0.3, 0.4) is 0 Å². The lowest BCUT2D eigenvalue weighted by atomic mass is 10.1. The highest BCUT2D eigenvalue weighted by Gasteiger charge is 2.22. The number of anilines is 1. The van der Waals surface area contributed by atoms with E-state index in [1.807, 2.05) is 0 Å². The van der Waals surface area contributed by atoms with Crippen LogP contribution >= 0.6 is 24.0 Å². The van der Waals surface area contributed by atoms with Crippen molar-refractivity contribution in [3.05, 3.63) is 29.8 Å². The first-order valence-corrected chi connectivity index (χ1v) is 7.90. The molecule has 124 valence electrons. The van der Waals surface area contributed by atoms with Crippen LogP contribution in [-0.4, -0.2) is 37.7 Å². The van der Waals surface area contributed by atoms with E-state index in [1.54, 1.807) is 0 Å². The van der Waals surface area contributed by atoms with E-state index in [4.69, 9.17) is 4.99 Å². The number of hydrogen-bond acceptors (Lipinski definition) is 2. The Morgan fingerprint density at radius 3 is 2.68 bits per heavy atom. The zero-order valence-electron chi connectivity index (χ0n) is 14.1. The summed E-state index contributed by atoms with van der Waals surface area (Å²) in [6.45, 7) is 12.2. The normalized spacial score (nSPS) is 14.5. The first kappa shape index (κ1) is 19.2. The molecule has 0 fully saturated rings. The standard InChI is InChI=1S/C17H28N4.HI/c1-5-18-16(19-11-12-20-17(2,3)4)21-13-10-14-8-6-7-9-15(14)21;/h6-9,20H,5,10-13H2,1-4H3,(H,18,19);1H. The van der Waals surface area contributed by atoms with Crippen LogP contribution in [0, 0.1) is 0 Å². The van der Waals surface area contributed by atoms with Crippen LogP contribution in [0.25, 0.3) is 0 Å². The molecule has 0 unspecified atom stereocenters. The molecule has 4 nitrogen and oxygen atoms in total. The van der Waals surface area contributed by atoms with E-state index in [0.717, 1.165) is 38.6 Å². The highest BCUT2D eigenvalue weighted by Crippen LogP contribution is 2.27. The van der Waals surface area contributed by atoms with Gasteiger partial charge < -0.3 is 15.5 Å². The predicted molar refractivity (Wildman–Crippen MR) is 107 cm³/mol. The van der Waals surface area contributed by atoms with E-state index < -0.39 is 0 Å². The van der Waals surface area contributed by atoms with Gasteiger partial charge in [-0.2, -0.15) is 0 Å². The minimum absolute atomic E-state index is 0. The summed E-state index contributed by atoms with van der Waals surface area (Å²) in [5.74, 6) is 0.998. The molecule has 2 N–H and O–H groups in total. The maximum absolute atomic E-state index is 4.77. The highest BCUT2D eigenvalue weighted by molar-refractivity contribution is 14.0. The van der Waals surface area contributed by atoms with Crippen molar-refractivity contribution < 1.29 is 0 Å². The van der Waals surface area contributed by atoms with Gasteiger partial charge in [0.25, 0.3) is 0 Å². The number of halogens is 1. The molecule has 0 radical (unpaired) electrons. The molecule has 0 aliphatic carbocycles. The molecule has 1 heterocycles. The topological polar surface area (TPSA) is 39.7 Å². The Labute approximate surface area is 151 Å². The minimum Gasteiger partial charge on any atom is -0.356 e. The molecule has 0 bridgehead atoms. The second-order valence-corrected chi connectivity index (χ2v) is 6.44. The third kappa shape index (κ3) is 5.43. The number of hydrogen-bond donors (Lipinski definition) is 2. The number of nitrogens with one attached hydrogen (secondary N) is 2. The van der Waals surface area contributed by atoms with E-state index >= 15 is 0 Å². The molecule has 1 aliphatic rings. The van der Waals surface area contributed by atoms with Crippen molar-refractivity contribution in [2.45, 2.75) is 39.7 Å².